The molecule has 4 N–H and O–H groups in total. The molecular weight excluding hydrogens is 279 g/mol. The fourth-order valence-corrected chi connectivity index (χ4v) is 1.20. The molecule has 1 aromatic carbocycles. The lowest BCUT2D eigenvalue weighted by Gasteiger charge is -2.07. The van der Waals surface area contributed by atoms with Crippen molar-refractivity contribution >= 4 is 23.6 Å². The molecule has 0 aliphatic carbocycles. The summed E-state index contributed by atoms with van der Waals surface area (Å²) in [7, 11) is 0. The molecule has 0 heterocycles. The number of aryl methyl sites for hydroxylation is 1. The van der Waals surface area contributed by atoms with E-state index in [0.717, 1.165) is 6.07 Å². The average molecular weight is 289 g/mol. The molecule has 0 fully saturated rings. The van der Waals surface area contributed by atoms with E-state index >= 15 is 0 Å². The number of carbonyl (C=O) groups excluding carboxylic acids is 2. The molecule has 6 nitrogen and oxygen atoms in total. The van der Waals surface area contributed by atoms with Gasteiger partial charge in [0.2, 0.25) is 0 Å². The molecule has 108 valence electrons. The summed E-state index contributed by atoms with van der Waals surface area (Å²) in [6.45, 7) is 1.62. The van der Waals surface area contributed by atoms with Crippen LogP contribution >= 0.6 is 0 Å². The summed E-state index contributed by atoms with van der Waals surface area (Å²) in [5.41, 5.74) is 10.8. The number of esters is 2. The minimum atomic E-state index is -5.25. The number of alkyl halides is 3. The maximum Gasteiger partial charge on any atom is 0.491 e. The van der Waals surface area contributed by atoms with E-state index in [-0.39, 0.29) is 17.2 Å². The van der Waals surface area contributed by atoms with Crippen LogP contribution in [0.2, 0.25) is 0 Å². The van der Waals surface area contributed by atoms with Gasteiger partial charge < -0.3 is 16.2 Å². The van der Waals surface area contributed by atoms with Crippen molar-refractivity contribution < 1.29 is 27.5 Å². The monoisotopic (exact) mass is 289 g/mol. The lowest BCUT2D eigenvalue weighted by molar-refractivity contribution is -0.193. The first kappa shape index (κ1) is 15.5. The zero-order chi connectivity index (χ0) is 15.5. The van der Waals surface area contributed by atoms with E-state index < -0.39 is 18.1 Å². The first-order valence-corrected chi connectivity index (χ1v) is 5.15. The van der Waals surface area contributed by atoms with Crippen LogP contribution in [-0.2, 0) is 9.53 Å². The van der Waals surface area contributed by atoms with Gasteiger partial charge >= 0.3 is 18.1 Å². The zero-order valence-corrected chi connectivity index (χ0v) is 10.2. The van der Waals surface area contributed by atoms with Gasteiger partial charge in [-0.2, -0.15) is 13.2 Å². The summed E-state index contributed by atoms with van der Waals surface area (Å²) in [5, 5.41) is 0. The number of benzene rings is 1. The number of ether oxygens (including phenoxy) is 1. The van der Waals surface area contributed by atoms with Crippen LogP contribution in [0.3, 0.4) is 0 Å². The van der Waals surface area contributed by atoms with Crippen LogP contribution in [0.1, 0.15) is 15.9 Å². The Morgan fingerprint density at radius 1 is 1.25 bits per heavy atom. The standard InChI is InChI=1S/C11H10F3N3O3/c1-5-2-3-6(4-7(5)17-10(15)16)8(18)20-9(19)11(12,13)14/h2-4H,1H3,(H4,15,16,17). The molecule has 0 amide bonds. The second-order valence-electron chi connectivity index (χ2n) is 3.71. The Bertz CT molecular complexity index is 578. The summed E-state index contributed by atoms with van der Waals surface area (Å²) >= 11 is 0. The van der Waals surface area contributed by atoms with Crippen LogP contribution in [0.4, 0.5) is 18.9 Å². The predicted molar refractivity (Wildman–Crippen MR) is 63.1 cm³/mol. The van der Waals surface area contributed by atoms with E-state index in [1.54, 1.807) is 6.92 Å². The number of hydrogen-bond acceptors (Lipinski definition) is 4. The van der Waals surface area contributed by atoms with Gasteiger partial charge in [0.05, 0.1) is 11.3 Å². The van der Waals surface area contributed by atoms with Gasteiger partial charge in [-0.15, -0.1) is 0 Å². The minimum Gasteiger partial charge on any atom is -0.383 e. The van der Waals surface area contributed by atoms with Gasteiger partial charge in [-0.1, -0.05) is 6.07 Å². The van der Waals surface area contributed by atoms with Gasteiger partial charge in [0.1, 0.15) is 0 Å². The number of halogens is 3. The van der Waals surface area contributed by atoms with Crippen molar-refractivity contribution in [1.82, 2.24) is 0 Å². The minimum absolute atomic E-state index is 0.180. The summed E-state index contributed by atoms with van der Waals surface area (Å²) in [6, 6.07) is 3.70. The molecule has 1 rings (SSSR count). The van der Waals surface area contributed by atoms with E-state index in [2.05, 4.69) is 9.73 Å². The van der Waals surface area contributed by atoms with Crippen LogP contribution in [-0.4, -0.2) is 24.1 Å². The van der Waals surface area contributed by atoms with Gasteiger partial charge in [-0.25, -0.2) is 14.6 Å². The molecule has 0 saturated carbocycles. The summed E-state index contributed by atoms with van der Waals surface area (Å²) in [6.07, 6.45) is -5.25. The molecule has 0 bridgehead atoms. The number of guanidine groups is 1. The average Bonchev–Trinajstić information content (AvgIpc) is 2.29. The highest BCUT2D eigenvalue weighted by molar-refractivity contribution is 5.99. The Morgan fingerprint density at radius 2 is 1.85 bits per heavy atom. The number of nitrogens with two attached hydrogens (primary N) is 2. The number of hydrogen-bond donors (Lipinski definition) is 2. The summed E-state index contributed by atoms with van der Waals surface area (Å²) < 4.78 is 39.6. The van der Waals surface area contributed by atoms with Crippen molar-refractivity contribution in [2.45, 2.75) is 13.1 Å². The Morgan fingerprint density at radius 3 is 2.35 bits per heavy atom. The second kappa shape index (κ2) is 5.59. The van der Waals surface area contributed by atoms with Crippen molar-refractivity contribution in [2.24, 2.45) is 16.5 Å². The highest BCUT2D eigenvalue weighted by atomic mass is 19.4. The second-order valence-corrected chi connectivity index (χ2v) is 3.71. The molecule has 0 atom stereocenters. The van der Waals surface area contributed by atoms with E-state index in [4.69, 9.17) is 11.5 Å². The molecule has 0 aliphatic rings. The number of aliphatic imine (C=N–C) groups is 1. The number of rotatable bonds is 2. The zero-order valence-electron chi connectivity index (χ0n) is 10.2. The molecule has 1 aromatic rings. The Kier molecular flexibility index (Phi) is 4.33. The Labute approximate surface area is 111 Å². The normalized spacial score (nSPS) is 10.8. The van der Waals surface area contributed by atoms with Gasteiger partial charge in [0, 0.05) is 0 Å². The maximum absolute atomic E-state index is 12.0. The van der Waals surface area contributed by atoms with Gasteiger partial charge in [-0.3, -0.25) is 0 Å². The van der Waals surface area contributed by atoms with E-state index in [1.165, 1.54) is 12.1 Å². The summed E-state index contributed by atoms with van der Waals surface area (Å²) in [4.78, 5) is 25.6. The molecule has 9 heteroatoms. The molecule has 0 aliphatic heterocycles. The largest absolute Gasteiger partial charge is 0.491 e. The van der Waals surface area contributed by atoms with Crippen LogP contribution in [0.5, 0.6) is 0 Å². The van der Waals surface area contributed by atoms with E-state index in [1.807, 2.05) is 0 Å². The molecular formula is C11H10F3N3O3. The fourth-order valence-electron chi connectivity index (χ4n) is 1.20. The molecule has 0 saturated heterocycles. The third kappa shape index (κ3) is 3.97. The molecule has 20 heavy (non-hydrogen) atoms. The lowest BCUT2D eigenvalue weighted by Crippen LogP contribution is -2.28. The smallest absolute Gasteiger partial charge is 0.383 e. The summed E-state index contributed by atoms with van der Waals surface area (Å²) in [5.74, 6) is -4.32. The SMILES string of the molecule is Cc1ccc(C(=O)OC(=O)C(F)(F)F)cc1N=C(N)N. The van der Waals surface area contributed by atoms with Crippen LogP contribution in [0, 0.1) is 6.92 Å². The van der Waals surface area contributed by atoms with Crippen molar-refractivity contribution in [1.29, 1.82) is 0 Å². The van der Waals surface area contributed by atoms with E-state index in [0.29, 0.717) is 5.56 Å². The third-order valence-corrected chi connectivity index (χ3v) is 2.11. The first-order chi connectivity index (χ1) is 9.11. The highest BCUT2D eigenvalue weighted by Crippen LogP contribution is 2.22. The quantitative estimate of drug-likeness (QED) is 0.367. The van der Waals surface area contributed by atoms with Crippen molar-refractivity contribution in [2.75, 3.05) is 0 Å². The lowest BCUT2D eigenvalue weighted by atomic mass is 10.1. The fraction of sp³-hybridized carbons (Fsp3) is 0.182. The van der Waals surface area contributed by atoms with Crippen molar-refractivity contribution in [3.8, 4) is 0 Å². The molecule has 0 aromatic heterocycles. The predicted octanol–water partition coefficient (Wildman–Crippen LogP) is 1.15. The van der Waals surface area contributed by atoms with Crippen LogP contribution in [0.25, 0.3) is 0 Å². The molecule has 0 unspecified atom stereocenters. The molecule has 0 spiro atoms. The Hall–Kier alpha value is -2.58. The van der Waals surface area contributed by atoms with Crippen molar-refractivity contribution in [3.63, 3.8) is 0 Å². The van der Waals surface area contributed by atoms with Gasteiger partial charge in [0.25, 0.3) is 0 Å². The van der Waals surface area contributed by atoms with Crippen LogP contribution < -0.4 is 11.5 Å². The van der Waals surface area contributed by atoms with Gasteiger partial charge in [-0.05, 0) is 24.6 Å². The third-order valence-electron chi connectivity index (χ3n) is 2.11. The van der Waals surface area contributed by atoms with Crippen LogP contribution in [0.15, 0.2) is 23.2 Å². The topological polar surface area (TPSA) is 108 Å². The number of carbonyl (C=O) groups is 2. The Balaban J connectivity index is 3.01. The highest BCUT2D eigenvalue weighted by Gasteiger charge is 2.42. The van der Waals surface area contributed by atoms with Crippen molar-refractivity contribution in [3.05, 3.63) is 29.3 Å². The van der Waals surface area contributed by atoms with Gasteiger partial charge in [0.15, 0.2) is 5.96 Å². The van der Waals surface area contributed by atoms with E-state index in [9.17, 15) is 22.8 Å². The first-order valence-electron chi connectivity index (χ1n) is 5.15. The molecule has 0 radical (unpaired) electrons. The number of nitrogens with zero attached hydrogens (tertiary/aromatic N) is 1. The maximum atomic E-state index is 12.0.